The molecule has 0 saturated carbocycles. The molecule has 0 aromatic heterocycles. The fourth-order valence-corrected chi connectivity index (χ4v) is 2.59. The molecule has 0 aliphatic heterocycles. The van der Waals surface area contributed by atoms with Crippen LogP contribution in [-0.4, -0.2) is 20.1 Å². The molecule has 0 unspecified atom stereocenters. The first-order chi connectivity index (χ1) is 12.1. The smallest absolute Gasteiger partial charge is 0.262 e. The van der Waals surface area contributed by atoms with Crippen LogP contribution in [0, 0.1) is 11.3 Å². The fourth-order valence-electron chi connectivity index (χ4n) is 2.16. The number of nitrogens with one attached hydrogen (secondary N) is 1. The number of benzene rings is 2. The molecular weight excluding hydrogens is 384 g/mol. The summed E-state index contributed by atoms with van der Waals surface area (Å²) >= 11 is 3.41. The van der Waals surface area contributed by atoms with Gasteiger partial charge in [0.1, 0.15) is 11.6 Å². The average Bonchev–Trinajstić information content (AvgIpc) is 2.65. The van der Waals surface area contributed by atoms with Crippen LogP contribution in [0.1, 0.15) is 11.1 Å². The number of nitrogens with zero attached hydrogens (tertiary/aromatic N) is 1. The molecule has 6 heteroatoms. The number of hydrogen-bond donors (Lipinski definition) is 1. The van der Waals surface area contributed by atoms with Gasteiger partial charge in [0, 0.05) is 11.0 Å². The summed E-state index contributed by atoms with van der Waals surface area (Å²) in [5.74, 6) is 0.630. The van der Waals surface area contributed by atoms with Gasteiger partial charge in [0.05, 0.1) is 14.2 Å². The van der Waals surface area contributed by atoms with Gasteiger partial charge in [-0.05, 0) is 29.3 Å². The van der Waals surface area contributed by atoms with E-state index in [1.54, 1.807) is 12.1 Å². The van der Waals surface area contributed by atoms with Gasteiger partial charge < -0.3 is 14.8 Å². The molecule has 2 rings (SSSR count). The van der Waals surface area contributed by atoms with Gasteiger partial charge in [0.15, 0.2) is 11.5 Å². The maximum Gasteiger partial charge on any atom is 0.262 e. The Labute approximate surface area is 155 Å². The van der Waals surface area contributed by atoms with Gasteiger partial charge >= 0.3 is 0 Å². The van der Waals surface area contributed by atoms with E-state index in [0.29, 0.717) is 28.1 Å². The van der Waals surface area contributed by atoms with Crippen molar-refractivity contribution < 1.29 is 14.3 Å². The number of carbonyl (C=O) groups excluding carboxylic acids is 1. The number of ether oxygens (including phenoxy) is 2. The second-order valence-electron chi connectivity index (χ2n) is 5.07. The average molecular weight is 401 g/mol. The first-order valence-electron chi connectivity index (χ1n) is 7.44. The summed E-state index contributed by atoms with van der Waals surface area (Å²) < 4.78 is 11.2. The second-order valence-corrected chi connectivity index (χ2v) is 5.92. The van der Waals surface area contributed by atoms with Crippen LogP contribution in [0.15, 0.2) is 52.5 Å². The number of halogens is 1. The van der Waals surface area contributed by atoms with Crippen LogP contribution in [0.25, 0.3) is 6.08 Å². The van der Waals surface area contributed by atoms with E-state index in [0.717, 1.165) is 5.56 Å². The molecule has 2 aromatic carbocycles. The summed E-state index contributed by atoms with van der Waals surface area (Å²) in [4.78, 5) is 12.3. The van der Waals surface area contributed by atoms with Crippen LogP contribution in [0.2, 0.25) is 0 Å². The summed E-state index contributed by atoms with van der Waals surface area (Å²) in [6.45, 7) is 0.353. The van der Waals surface area contributed by atoms with Gasteiger partial charge in [-0.2, -0.15) is 5.26 Å². The highest BCUT2D eigenvalue weighted by Gasteiger charge is 2.13. The van der Waals surface area contributed by atoms with Crippen LogP contribution < -0.4 is 14.8 Å². The Morgan fingerprint density at radius 1 is 1.20 bits per heavy atom. The third-order valence-corrected chi connectivity index (χ3v) is 4.15. The molecule has 0 aliphatic rings. The van der Waals surface area contributed by atoms with Crippen LogP contribution in [0.5, 0.6) is 11.5 Å². The van der Waals surface area contributed by atoms with Crippen molar-refractivity contribution in [2.75, 3.05) is 14.2 Å². The summed E-state index contributed by atoms with van der Waals surface area (Å²) in [6.07, 6.45) is 1.51. The minimum atomic E-state index is -0.437. The topological polar surface area (TPSA) is 71.3 Å². The van der Waals surface area contributed by atoms with E-state index in [9.17, 15) is 10.1 Å². The lowest BCUT2D eigenvalue weighted by molar-refractivity contribution is -0.117. The highest BCUT2D eigenvalue weighted by atomic mass is 79.9. The van der Waals surface area contributed by atoms with E-state index in [-0.39, 0.29) is 5.57 Å². The minimum absolute atomic E-state index is 0.00357. The number of hydrogen-bond acceptors (Lipinski definition) is 4. The minimum Gasteiger partial charge on any atom is -0.493 e. The Kier molecular flexibility index (Phi) is 6.61. The molecule has 0 aliphatic carbocycles. The van der Waals surface area contributed by atoms with Crippen molar-refractivity contribution in [1.29, 1.82) is 5.26 Å². The van der Waals surface area contributed by atoms with Crippen molar-refractivity contribution in [3.05, 3.63) is 63.6 Å². The zero-order chi connectivity index (χ0) is 18.2. The molecule has 5 nitrogen and oxygen atoms in total. The van der Waals surface area contributed by atoms with E-state index in [1.807, 2.05) is 36.4 Å². The van der Waals surface area contributed by atoms with Crippen LogP contribution in [-0.2, 0) is 11.3 Å². The molecule has 0 atom stereocenters. The predicted octanol–water partition coefficient (Wildman–Crippen LogP) is 3.69. The van der Waals surface area contributed by atoms with Gasteiger partial charge in [-0.1, -0.05) is 46.3 Å². The van der Waals surface area contributed by atoms with Crippen LogP contribution in [0.4, 0.5) is 0 Å². The Balaban J connectivity index is 2.22. The summed E-state index contributed by atoms with van der Waals surface area (Å²) in [7, 11) is 3.06. The number of nitriles is 1. The summed E-state index contributed by atoms with van der Waals surface area (Å²) in [5.41, 5.74) is 1.60. The number of rotatable bonds is 6. The largest absolute Gasteiger partial charge is 0.493 e. The molecule has 1 amide bonds. The van der Waals surface area contributed by atoms with E-state index in [4.69, 9.17) is 9.47 Å². The van der Waals surface area contributed by atoms with Crippen molar-refractivity contribution in [3.8, 4) is 17.6 Å². The number of methoxy groups -OCH3 is 2. The molecule has 0 spiro atoms. The maximum absolute atomic E-state index is 12.3. The molecule has 0 saturated heterocycles. The van der Waals surface area contributed by atoms with Gasteiger partial charge in [0.2, 0.25) is 0 Å². The normalized spacial score (nSPS) is 10.7. The van der Waals surface area contributed by atoms with Gasteiger partial charge in [0.25, 0.3) is 5.91 Å². The van der Waals surface area contributed by atoms with E-state index >= 15 is 0 Å². The number of carbonyl (C=O) groups is 1. The summed E-state index contributed by atoms with van der Waals surface area (Å²) in [5, 5.41) is 12.1. The monoisotopic (exact) mass is 400 g/mol. The van der Waals surface area contributed by atoms with Gasteiger partial charge in [-0.25, -0.2) is 0 Å². The lowest BCUT2D eigenvalue weighted by Crippen LogP contribution is -2.23. The van der Waals surface area contributed by atoms with Crippen LogP contribution in [0.3, 0.4) is 0 Å². The van der Waals surface area contributed by atoms with Crippen molar-refractivity contribution in [1.82, 2.24) is 5.32 Å². The lowest BCUT2D eigenvalue weighted by Gasteiger charge is -2.10. The standard InChI is InChI=1S/C19H17BrN2O3/c1-24-17-9-14(16(20)10-18(17)25-2)8-15(11-21)19(23)22-12-13-6-4-3-5-7-13/h3-10H,12H2,1-2H3,(H,22,23). The molecule has 128 valence electrons. The summed E-state index contributed by atoms with van der Waals surface area (Å²) in [6, 6.07) is 14.9. The first-order valence-corrected chi connectivity index (χ1v) is 8.23. The fraction of sp³-hybridized carbons (Fsp3) is 0.158. The Morgan fingerprint density at radius 2 is 1.84 bits per heavy atom. The van der Waals surface area contributed by atoms with Crippen LogP contribution >= 0.6 is 15.9 Å². The van der Waals surface area contributed by atoms with Gasteiger partial charge in [-0.3, -0.25) is 4.79 Å². The van der Waals surface area contributed by atoms with Crippen molar-refractivity contribution >= 4 is 27.9 Å². The maximum atomic E-state index is 12.3. The van der Waals surface area contributed by atoms with Crippen molar-refractivity contribution in [3.63, 3.8) is 0 Å². The molecule has 0 bridgehead atoms. The zero-order valence-electron chi connectivity index (χ0n) is 13.9. The molecule has 0 fully saturated rings. The number of amides is 1. The molecule has 0 heterocycles. The van der Waals surface area contributed by atoms with Crippen molar-refractivity contribution in [2.45, 2.75) is 6.54 Å². The highest BCUT2D eigenvalue weighted by Crippen LogP contribution is 2.34. The zero-order valence-corrected chi connectivity index (χ0v) is 15.5. The third kappa shape index (κ3) is 4.85. The third-order valence-electron chi connectivity index (χ3n) is 3.46. The molecule has 2 aromatic rings. The molecule has 25 heavy (non-hydrogen) atoms. The highest BCUT2D eigenvalue weighted by molar-refractivity contribution is 9.10. The second kappa shape index (κ2) is 8.90. The Hall–Kier alpha value is -2.78. The SMILES string of the molecule is COc1cc(Br)c(C=C(C#N)C(=O)NCc2ccccc2)cc1OC. The van der Waals surface area contributed by atoms with E-state index in [2.05, 4.69) is 21.2 Å². The molecule has 0 radical (unpaired) electrons. The molecular formula is C19H17BrN2O3. The Bertz CT molecular complexity index is 827. The lowest BCUT2D eigenvalue weighted by atomic mass is 10.1. The van der Waals surface area contributed by atoms with Gasteiger partial charge in [-0.15, -0.1) is 0 Å². The van der Waals surface area contributed by atoms with E-state index in [1.165, 1.54) is 20.3 Å². The first kappa shape index (κ1) is 18.6. The van der Waals surface area contributed by atoms with E-state index < -0.39 is 5.91 Å². The van der Waals surface area contributed by atoms with Crippen molar-refractivity contribution in [2.24, 2.45) is 0 Å². The quantitative estimate of drug-likeness (QED) is 0.592. The molecule has 1 N–H and O–H groups in total. The predicted molar refractivity (Wildman–Crippen MR) is 99.1 cm³/mol. The Morgan fingerprint density at radius 3 is 2.44 bits per heavy atom.